The van der Waals surface area contributed by atoms with Gasteiger partial charge in [-0.3, -0.25) is 4.79 Å². The quantitative estimate of drug-likeness (QED) is 0.375. The van der Waals surface area contributed by atoms with Gasteiger partial charge in [-0.05, 0) is 65.2 Å². The second kappa shape index (κ2) is 7.66. The lowest BCUT2D eigenvalue weighted by atomic mass is 9.70. The molecular weight excluding hydrogens is 356 g/mol. The maximum atomic E-state index is 12.3. The van der Waals surface area contributed by atoms with E-state index in [1.807, 2.05) is 6.92 Å². The van der Waals surface area contributed by atoms with E-state index >= 15 is 0 Å². The molecule has 2 bridgehead atoms. The summed E-state index contributed by atoms with van der Waals surface area (Å²) in [6.45, 7) is 13.8. The number of ether oxygens (including phenoxy) is 3. The molecule has 0 aromatic carbocycles. The summed E-state index contributed by atoms with van der Waals surface area (Å²) in [5.41, 5.74) is 0.484. The zero-order chi connectivity index (χ0) is 20.7. The first-order valence-electron chi connectivity index (χ1n) is 10.5. The van der Waals surface area contributed by atoms with E-state index in [1.165, 1.54) is 12.5 Å². The van der Waals surface area contributed by atoms with Gasteiger partial charge < -0.3 is 14.2 Å². The Labute approximate surface area is 168 Å². The van der Waals surface area contributed by atoms with E-state index in [9.17, 15) is 9.59 Å². The first-order chi connectivity index (χ1) is 13.1. The van der Waals surface area contributed by atoms with Crippen LogP contribution in [0.15, 0.2) is 23.8 Å². The highest BCUT2D eigenvalue weighted by Gasteiger charge is 2.60. The Hall–Kier alpha value is -1.62. The molecule has 156 valence electrons. The maximum absolute atomic E-state index is 12.3. The van der Waals surface area contributed by atoms with E-state index in [0.717, 1.165) is 25.7 Å². The predicted molar refractivity (Wildman–Crippen MR) is 107 cm³/mol. The summed E-state index contributed by atoms with van der Waals surface area (Å²) in [7, 11) is 0. The standard InChI is InChI=1S/C23H34O5/c1-14-9-7-11-15(2)23(6)20-18(16(3)21(25)26-20)13-19(28-23)22(5,12-8-10-14)27-17(4)24/h10,15,18-20H,3,7-9,11-13H2,1-2,4-6H3/b14-10+/t15-,18+,19+,20-,22-,23-/m1/s1. The molecule has 0 saturated carbocycles. The van der Waals surface area contributed by atoms with Gasteiger partial charge in [0.2, 0.25) is 0 Å². The molecule has 6 atom stereocenters. The first kappa shape index (κ1) is 21.1. The van der Waals surface area contributed by atoms with Gasteiger partial charge >= 0.3 is 11.9 Å². The Bertz CT molecular complexity index is 695. The highest BCUT2D eigenvalue weighted by molar-refractivity contribution is 5.91. The number of carbonyl (C=O) groups excluding carboxylic acids is 2. The lowest BCUT2D eigenvalue weighted by Crippen LogP contribution is -2.61. The summed E-state index contributed by atoms with van der Waals surface area (Å²) in [5, 5.41) is 0. The number of allylic oxidation sites excluding steroid dienone is 2. The lowest BCUT2D eigenvalue weighted by molar-refractivity contribution is -0.258. The fourth-order valence-electron chi connectivity index (χ4n) is 5.10. The summed E-state index contributed by atoms with van der Waals surface area (Å²) < 4.78 is 18.3. The molecular formula is C23H34O5. The third-order valence-corrected chi connectivity index (χ3v) is 7.12. The van der Waals surface area contributed by atoms with Gasteiger partial charge in [-0.25, -0.2) is 4.79 Å². The Morgan fingerprint density at radius 3 is 2.75 bits per heavy atom. The van der Waals surface area contributed by atoms with Crippen LogP contribution in [0, 0.1) is 11.8 Å². The van der Waals surface area contributed by atoms with Crippen LogP contribution >= 0.6 is 0 Å². The highest BCUT2D eigenvalue weighted by Crippen LogP contribution is 2.50. The topological polar surface area (TPSA) is 61.8 Å². The number of hydrogen-bond donors (Lipinski definition) is 0. The Morgan fingerprint density at radius 2 is 2.07 bits per heavy atom. The van der Waals surface area contributed by atoms with Crippen molar-refractivity contribution in [3.63, 3.8) is 0 Å². The lowest BCUT2D eigenvalue weighted by Gasteiger charge is -2.52. The molecule has 5 heteroatoms. The van der Waals surface area contributed by atoms with Crippen LogP contribution in [-0.4, -0.2) is 35.3 Å². The third-order valence-electron chi connectivity index (χ3n) is 7.12. The monoisotopic (exact) mass is 390 g/mol. The molecule has 0 amide bonds. The molecule has 3 aliphatic heterocycles. The van der Waals surface area contributed by atoms with Crippen LogP contribution in [0.25, 0.3) is 0 Å². The minimum atomic E-state index is -0.764. The molecule has 0 aliphatic carbocycles. The number of fused-ring (bicyclic) bond motifs is 4. The highest BCUT2D eigenvalue weighted by atomic mass is 16.6. The number of carbonyl (C=O) groups is 2. The van der Waals surface area contributed by atoms with Crippen molar-refractivity contribution in [2.45, 2.75) is 96.6 Å². The molecule has 0 aromatic rings. The van der Waals surface area contributed by atoms with Crippen LogP contribution < -0.4 is 0 Å². The van der Waals surface area contributed by atoms with Gasteiger partial charge in [0.25, 0.3) is 0 Å². The van der Waals surface area contributed by atoms with Crippen LogP contribution in [-0.2, 0) is 23.8 Å². The van der Waals surface area contributed by atoms with Crippen LogP contribution in [0.1, 0.15) is 73.1 Å². The summed E-state index contributed by atoms with van der Waals surface area (Å²) in [6, 6.07) is 0. The van der Waals surface area contributed by atoms with Crippen molar-refractivity contribution in [2.24, 2.45) is 11.8 Å². The van der Waals surface area contributed by atoms with Gasteiger partial charge in [0.15, 0.2) is 0 Å². The minimum Gasteiger partial charge on any atom is -0.457 e. The summed E-state index contributed by atoms with van der Waals surface area (Å²) >= 11 is 0. The SMILES string of the molecule is C=C1C(=O)O[C@@H]2[C@H]1C[C@@H]1O[C@]2(C)[C@H](C)CCC/C(C)=C/CC[C@@]1(C)OC(C)=O. The summed E-state index contributed by atoms with van der Waals surface area (Å²) in [6.07, 6.45) is 6.76. The largest absolute Gasteiger partial charge is 0.457 e. The number of rotatable bonds is 1. The summed E-state index contributed by atoms with van der Waals surface area (Å²) in [5.74, 6) is -0.550. The van der Waals surface area contributed by atoms with E-state index in [4.69, 9.17) is 14.2 Å². The van der Waals surface area contributed by atoms with Crippen LogP contribution in [0.3, 0.4) is 0 Å². The molecule has 3 rings (SSSR count). The zero-order valence-electron chi connectivity index (χ0n) is 17.9. The average molecular weight is 391 g/mol. The van der Waals surface area contributed by atoms with Gasteiger partial charge in [0.05, 0.1) is 6.10 Å². The van der Waals surface area contributed by atoms with Gasteiger partial charge in [-0.1, -0.05) is 25.2 Å². The van der Waals surface area contributed by atoms with E-state index in [-0.39, 0.29) is 36.0 Å². The maximum Gasteiger partial charge on any atom is 0.334 e. The summed E-state index contributed by atoms with van der Waals surface area (Å²) in [4.78, 5) is 24.2. The Balaban J connectivity index is 2.03. The third kappa shape index (κ3) is 3.78. The average Bonchev–Trinajstić information content (AvgIpc) is 2.89. The van der Waals surface area contributed by atoms with Crippen molar-refractivity contribution >= 4 is 11.9 Å². The Morgan fingerprint density at radius 1 is 1.36 bits per heavy atom. The predicted octanol–water partition coefficient (Wildman–Crippen LogP) is 4.50. The van der Waals surface area contributed by atoms with Crippen molar-refractivity contribution in [1.29, 1.82) is 0 Å². The molecule has 5 nitrogen and oxygen atoms in total. The van der Waals surface area contributed by atoms with E-state index < -0.39 is 11.2 Å². The fraction of sp³-hybridized carbons (Fsp3) is 0.739. The van der Waals surface area contributed by atoms with Gasteiger partial charge in [0.1, 0.15) is 17.3 Å². The molecule has 0 unspecified atom stereocenters. The molecule has 0 radical (unpaired) electrons. The van der Waals surface area contributed by atoms with Crippen molar-refractivity contribution in [1.82, 2.24) is 0 Å². The van der Waals surface area contributed by atoms with Crippen LogP contribution in [0.2, 0.25) is 0 Å². The molecule has 0 aromatic heterocycles. The van der Waals surface area contributed by atoms with Crippen molar-refractivity contribution in [2.75, 3.05) is 0 Å². The molecule has 3 heterocycles. The second-order valence-electron chi connectivity index (χ2n) is 9.27. The second-order valence-corrected chi connectivity index (χ2v) is 9.27. The van der Waals surface area contributed by atoms with Gasteiger partial charge in [0, 0.05) is 18.4 Å². The van der Waals surface area contributed by atoms with E-state index in [0.29, 0.717) is 18.4 Å². The van der Waals surface area contributed by atoms with Crippen LogP contribution in [0.5, 0.6) is 0 Å². The first-order valence-corrected chi connectivity index (χ1v) is 10.5. The molecule has 3 aliphatic rings. The van der Waals surface area contributed by atoms with Crippen LogP contribution in [0.4, 0.5) is 0 Å². The molecule has 0 spiro atoms. The molecule has 2 saturated heterocycles. The number of hydrogen-bond acceptors (Lipinski definition) is 5. The normalized spacial score (nSPS) is 43.7. The van der Waals surface area contributed by atoms with Crippen molar-refractivity contribution < 1.29 is 23.8 Å². The van der Waals surface area contributed by atoms with Gasteiger partial charge in [-0.15, -0.1) is 0 Å². The van der Waals surface area contributed by atoms with Crippen molar-refractivity contribution in [3.05, 3.63) is 23.8 Å². The van der Waals surface area contributed by atoms with Crippen molar-refractivity contribution in [3.8, 4) is 0 Å². The smallest absolute Gasteiger partial charge is 0.334 e. The Kier molecular flexibility index (Phi) is 5.77. The number of esters is 2. The fourth-order valence-corrected chi connectivity index (χ4v) is 5.10. The molecule has 28 heavy (non-hydrogen) atoms. The van der Waals surface area contributed by atoms with E-state index in [1.54, 1.807) is 0 Å². The zero-order valence-corrected chi connectivity index (χ0v) is 17.9. The minimum absolute atomic E-state index is 0.103. The molecule has 2 fully saturated rings. The molecule has 0 N–H and O–H groups in total. The van der Waals surface area contributed by atoms with Gasteiger partial charge in [-0.2, -0.15) is 0 Å². The van der Waals surface area contributed by atoms with E-state index in [2.05, 4.69) is 33.4 Å².